The van der Waals surface area contributed by atoms with Crippen LogP contribution in [0.15, 0.2) is 30.3 Å². The Kier molecular flexibility index (Phi) is 4.80. The largest absolute Gasteiger partial charge is 0.390 e. The lowest BCUT2D eigenvalue weighted by Crippen LogP contribution is -2.40. The van der Waals surface area contributed by atoms with Crippen molar-refractivity contribution in [3.05, 3.63) is 30.3 Å². The molecule has 0 spiro atoms. The highest BCUT2D eigenvalue weighted by Crippen LogP contribution is 2.16. The lowest BCUT2D eigenvalue weighted by atomic mass is 9.99. The third kappa shape index (κ3) is 3.90. The van der Waals surface area contributed by atoms with Crippen molar-refractivity contribution < 1.29 is 5.11 Å². The maximum absolute atomic E-state index is 10.2. The van der Waals surface area contributed by atoms with E-state index in [0.29, 0.717) is 18.9 Å². The molecule has 1 atom stereocenters. The fraction of sp³-hybridized carbons (Fsp3) is 0.562. The average Bonchev–Trinajstić information content (AvgIpc) is 2.99. The molecule has 118 valence electrons. The van der Waals surface area contributed by atoms with Crippen LogP contribution in [0.5, 0.6) is 0 Å². The molecule has 0 bridgehead atoms. The molecular weight excluding hydrogens is 278 g/mol. The van der Waals surface area contributed by atoms with Gasteiger partial charge in [-0.3, -0.25) is 0 Å². The van der Waals surface area contributed by atoms with Gasteiger partial charge in [-0.15, -0.1) is 10.2 Å². The summed E-state index contributed by atoms with van der Waals surface area (Å²) in [5, 5.41) is 22.7. The minimum atomic E-state index is -0.466. The van der Waals surface area contributed by atoms with Gasteiger partial charge in [0.15, 0.2) is 0 Å². The maximum Gasteiger partial charge on any atom is 0.204 e. The monoisotopic (exact) mass is 301 g/mol. The van der Waals surface area contributed by atoms with Gasteiger partial charge in [0.25, 0.3) is 0 Å². The number of piperidine rings is 1. The lowest BCUT2D eigenvalue weighted by Gasteiger charge is -2.31. The Balaban J connectivity index is 1.54. The summed E-state index contributed by atoms with van der Waals surface area (Å²) < 4.78 is 0. The Morgan fingerprint density at radius 1 is 1.18 bits per heavy atom. The minimum Gasteiger partial charge on any atom is -0.390 e. The number of hydrogen-bond acceptors (Lipinski definition) is 5. The number of aromatic nitrogens is 4. The lowest BCUT2D eigenvalue weighted by molar-refractivity contribution is 0.0743. The van der Waals surface area contributed by atoms with E-state index in [1.165, 1.54) is 17.6 Å². The normalized spacial score (nSPS) is 18.5. The third-order valence-electron chi connectivity index (χ3n) is 4.20. The molecule has 6 nitrogen and oxygen atoms in total. The van der Waals surface area contributed by atoms with Gasteiger partial charge in [0.05, 0.1) is 12.6 Å². The van der Waals surface area contributed by atoms with Crippen molar-refractivity contribution in [1.29, 1.82) is 0 Å². The predicted molar refractivity (Wildman–Crippen MR) is 84.1 cm³/mol. The van der Waals surface area contributed by atoms with Crippen molar-refractivity contribution in [2.24, 2.45) is 5.92 Å². The molecule has 1 aliphatic heterocycles. The van der Waals surface area contributed by atoms with Crippen LogP contribution < -0.4 is 0 Å². The number of aliphatic hydroxyl groups is 1. The van der Waals surface area contributed by atoms with E-state index in [-0.39, 0.29) is 0 Å². The van der Waals surface area contributed by atoms with E-state index in [9.17, 15) is 5.11 Å². The van der Waals surface area contributed by atoms with E-state index in [1.807, 2.05) is 30.3 Å². The molecule has 2 heterocycles. The van der Waals surface area contributed by atoms with E-state index in [0.717, 1.165) is 24.6 Å². The van der Waals surface area contributed by atoms with Gasteiger partial charge in [0.2, 0.25) is 5.82 Å². The van der Waals surface area contributed by atoms with Crippen LogP contribution >= 0.6 is 0 Å². The van der Waals surface area contributed by atoms with Crippen molar-refractivity contribution in [3.8, 4) is 11.4 Å². The molecule has 22 heavy (non-hydrogen) atoms. The van der Waals surface area contributed by atoms with Crippen molar-refractivity contribution in [2.75, 3.05) is 19.6 Å². The van der Waals surface area contributed by atoms with E-state index in [4.69, 9.17) is 0 Å². The van der Waals surface area contributed by atoms with E-state index in [1.54, 1.807) is 0 Å². The van der Waals surface area contributed by atoms with Crippen molar-refractivity contribution in [2.45, 2.75) is 32.4 Å². The Morgan fingerprint density at radius 2 is 1.91 bits per heavy atom. The van der Waals surface area contributed by atoms with Gasteiger partial charge in [-0.1, -0.05) is 37.3 Å². The quantitative estimate of drug-likeness (QED) is 0.905. The number of tetrazole rings is 1. The summed E-state index contributed by atoms with van der Waals surface area (Å²) in [6, 6.07) is 9.75. The summed E-state index contributed by atoms with van der Waals surface area (Å²) in [4.78, 5) is 3.80. The second kappa shape index (κ2) is 6.98. The van der Waals surface area contributed by atoms with Gasteiger partial charge in [0, 0.05) is 12.1 Å². The van der Waals surface area contributed by atoms with Gasteiger partial charge in [-0.2, -0.15) is 4.80 Å². The Morgan fingerprint density at radius 3 is 2.64 bits per heavy atom. The Bertz CT molecular complexity index is 577. The molecule has 2 aromatic rings. The summed E-state index contributed by atoms with van der Waals surface area (Å²) in [6.07, 6.45) is 1.96. The van der Waals surface area contributed by atoms with Gasteiger partial charge in [-0.25, -0.2) is 0 Å². The molecule has 1 aliphatic rings. The molecule has 0 aliphatic carbocycles. The predicted octanol–water partition coefficient (Wildman–Crippen LogP) is 1.43. The average molecular weight is 301 g/mol. The van der Waals surface area contributed by atoms with Crippen LogP contribution in [-0.4, -0.2) is 56.0 Å². The first-order valence-electron chi connectivity index (χ1n) is 7.94. The Hall–Kier alpha value is -1.79. The zero-order chi connectivity index (χ0) is 15.4. The highest BCUT2D eigenvalue weighted by atomic mass is 16.3. The van der Waals surface area contributed by atoms with E-state index in [2.05, 4.69) is 27.2 Å². The number of rotatable bonds is 5. The molecule has 1 fully saturated rings. The first kappa shape index (κ1) is 15.1. The van der Waals surface area contributed by atoms with Crippen LogP contribution in [0.4, 0.5) is 0 Å². The van der Waals surface area contributed by atoms with E-state index >= 15 is 0 Å². The Labute approximate surface area is 130 Å². The van der Waals surface area contributed by atoms with Crippen LogP contribution in [-0.2, 0) is 6.54 Å². The first-order valence-corrected chi connectivity index (χ1v) is 7.94. The third-order valence-corrected chi connectivity index (χ3v) is 4.20. The highest BCUT2D eigenvalue weighted by molar-refractivity contribution is 5.52. The molecule has 6 heteroatoms. The van der Waals surface area contributed by atoms with Crippen LogP contribution in [0.3, 0.4) is 0 Å². The van der Waals surface area contributed by atoms with Gasteiger partial charge >= 0.3 is 0 Å². The minimum absolute atomic E-state index is 0.381. The van der Waals surface area contributed by atoms with Gasteiger partial charge in [0.1, 0.15) is 0 Å². The maximum atomic E-state index is 10.2. The molecule has 1 saturated heterocycles. The SMILES string of the molecule is CC1CCN(C[C@@H](O)Cn2nnc(-c3ccccc3)n2)CC1. The fourth-order valence-electron chi connectivity index (χ4n) is 2.81. The second-order valence-electron chi connectivity index (χ2n) is 6.17. The number of nitrogens with zero attached hydrogens (tertiary/aromatic N) is 5. The second-order valence-corrected chi connectivity index (χ2v) is 6.17. The molecule has 0 saturated carbocycles. The first-order chi connectivity index (χ1) is 10.7. The zero-order valence-electron chi connectivity index (χ0n) is 13.0. The topological polar surface area (TPSA) is 67.1 Å². The summed E-state index contributed by atoms with van der Waals surface area (Å²) in [5.74, 6) is 1.40. The van der Waals surface area contributed by atoms with Crippen LogP contribution in [0.25, 0.3) is 11.4 Å². The van der Waals surface area contributed by atoms with Gasteiger partial charge < -0.3 is 10.0 Å². The van der Waals surface area contributed by atoms with Crippen LogP contribution in [0.1, 0.15) is 19.8 Å². The zero-order valence-corrected chi connectivity index (χ0v) is 13.0. The molecule has 1 N–H and O–H groups in total. The molecule has 3 rings (SSSR count). The van der Waals surface area contributed by atoms with Crippen LogP contribution in [0, 0.1) is 5.92 Å². The summed E-state index contributed by atoms with van der Waals surface area (Å²) in [7, 11) is 0. The smallest absolute Gasteiger partial charge is 0.204 e. The van der Waals surface area contributed by atoms with Crippen molar-refractivity contribution in [3.63, 3.8) is 0 Å². The highest BCUT2D eigenvalue weighted by Gasteiger charge is 2.19. The molecule has 0 unspecified atom stereocenters. The number of benzene rings is 1. The molecule has 0 amide bonds. The molecule has 0 radical (unpaired) electrons. The number of likely N-dealkylation sites (tertiary alicyclic amines) is 1. The molecule has 1 aromatic carbocycles. The molecular formula is C16H23N5O. The number of aliphatic hydroxyl groups excluding tert-OH is 1. The summed E-state index contributed by atoms with van der Waals surface area (Å²) in [6.45, 7) is 5.48. The van der Waals surface area contributed by atoms with Gasteiger partial charge in [-0.05, 0) is 37.1 Å². The fourth-order valence-corrected chi connectivity index (χ4v) is 2.81. The molecule has 1 aromatic heterocycles. The summed E-state index contributed by atoms with van der Waals surface area (Å²) in [5.41, 5.74) is 0.938. The van der Waals surface area contributed by atoms with Crippen LogP contribution in [0.2, 0.25) is 0 Å². The summed E-state index contributed by atoms with van der Waals surface area (Å²) >= 11 is 0. The number of hydrogen-bond donors (Lipinski definition) is 1. The number of β-amino-alcohol motifs (C(OH)–C–C–N with tert-alkyl or cyclic N) is 1. The van der Waals surface area contributed by atoms with E-state index < -0.39 is 6.10 Å². The van der Waals surface area contributed by atoms with Crippen molar-refractivity contribution in [1.82, 2.24) is 25.1 Å². The van der Waals surface area contributed by atoms with Crippen molar-refractivity contribution >= 4 is 0 Å². The standard InChI is InChI=1S/C16H23N5O/c1-13-7-9-20(10-8-13)11-15(22)12-21-18-16(17-19-21)14-5-3-2-4-6-14/h2-6,13,15,22H,7-12H2,1H3/t15-/m1/s1.